The van der Waals surface area contributed by atoms with Gasteiger partial charge in [0.05, 0.1) is 11.3 Å². The monoisotopic (exact) mass is 585 g/mol. The van der Waals surface area contributed by atoms with Gasteiger partial charge in [-0.05, 0) is 75.4 Å². The summed E-state index contributed by atoms with van der Waals surface area (Å²) in [6.07, 6.45) is -3.65. The van der Waals surface area contributed by atoms with Gasteiger partial charge in [-0.25, -0.2) is 0 Å². The number of alkyl halides is 3. The zero-order valence-electron chi connectivity index (χ0n) is 26.6. The van der Waals surface area contributed by atoms with Crippen molar-refractivity contribution >= 4 is 21.7 Å². The summed E-state index contributed by atoms with van der Waals surface area (Å²) in [5, 5.41) is 2.92. The fourth-order valence-corrected chi connectivity index (χ4v) is 7.56. The Morgan fingerprint density at radius 2 is 1.35 bits per heavy atom. The molecule has 0 saturated heterocycles. The molecule has 2 nitrogen and oxygen atoms in total. The molecule has 0 aliphatic heterocycles. The first kappa shape index (κ1) is 30.8. The lowest BCUT2D eigenvalue weighted by atomic mass is 9.58. The molecule has 0 fully saturated rings. The van der Waals surface area contributed by atoms with E-state index in [-0.39, 0.29) is 22.2 Å². The summed E-state index contributed by atoms with van der Waals surface area (Å²) in [7, 11) is 0. The van der Waals surface area contributed by atoms with Crippen molar-refractivity contribution < 1.29 is 17.6 Å². The van der Waals surface area contributed by atoms with Gasteiger partial charge in [0.25, 0.3) is 0 Å². The maximum absolute atomic E-state index is 14.4. The van der Waals surface area contributed by atoms with E-state index in [1.54, 1.807) is 6.07 Å². The third-order valence-corrected chi connectivity index (χ3v) is 9.33. The van der Waals surface area contributed by atoms with Crippen molar-refractivity contribution in [2.45, 2.75) is 79.3 Å². The van der Waals surface area contributed by atoms with Gasteiger partial charge in [0.15, 0.2) is 0 Å². The molecule has 5 rings (SSSR count). The number of halogens is 3. The molecule has 0 radical (unpaired) electrons. The molecule has 2 aromatic heterocycles. The molecule has 0 spiro atoms. The smallest absolute Gasteiger partial charge is 0.418 e. The summed E-state index contributed by atoms with van der Waals surface area (Å²) < 4.78 is 49.3. The number of aromatic nitrogens is 1. The van der Waals surface area contributed by atoms with Crippen molar-refractivity contribution in [1.29, 1.82) is 0 Å². The molecule has 2 heterocycles. The van der Waals surface area contributed by atoms with Crippen molar-refractivity contribution in [3.63, 3.8) is 0 Å². The first-order valence-electron chi connectivity index (χ1n) is 15.2. The van der Waals surface area contributed by atoms with Crippen LogP contribution >= 0.6 is 0 Å². The summed E-state index contributed by atoms with van der Waals surface area (Å²) in [6.45, 7) is 19.9. The maximum Gasteiger partial charge on any atom is 0.418 e. The second-order valence-corrected chi connectivity index (χ2v) is 13.9. The Labute approximate surface area is 253 Å². The Morgan fingerprint density at radius 1 is 0.698 bits per heavy atom. The number of hydrogen-bond donors (Lipinski definition) is 0. The van der Waals surface area contributed by atoms with E-state index in [2.05, 4.69) is 85.5 Å². The van der Waals surface area contributed by atoms with E-state index in [1.807, 2.05) is 36.4 Å². The van der Waals surface area contributed by atoms with Crippen LogP contribution in [0.5, 0.6) is 0 Å². The van der Waals surface area contributed by atoms with Gasteiger partial charge >= 0.3 is 6.18 Å². The molecule has 0 unspecified atom stereocenters. The van der Waals surface area contributed by atoms with E-state index in [9.17, 15) is 13.2 Å². The van der Waals surface area contributed by atoms with Crippen LogP contribution in [0.1, 0.15) is 79.0 Å². The minimum absolute atomic E-state index is 0.0106. The minimum atomic E-state index is -4.59. The standard InChI is InChI=1S/C38H42F3NO/c1-22(2)37(23(3)4,24(5)6)28-15-14-26-18-35(43-34(26)19-28)30-20-33(42-21-32(30)38(39,40)41)27-16-25-12-10-11-13-29(25)31(17-27)36(7,8)9/h10-24H,1-9H3. The lowest BCUT2D eigenvalue weighted by molar-refractivity contribution is -0.137. The molecule has 0 bridgehead atoms. The number of fused-ring (bicyclic) bond motifs is 2. The largest absolute Gasteiger partial charge is 0.456 e. The average molecular weight is 586 g/mol. The van der Waals surface area contributed by atoms with Crippen LogP contribution in [-0.4, -0.2) is 4.98 Å². The molecule has 226 valence electrons. The van der Waals surface area contributed by atoms with Crippen LogP contribution in [0.2, 0.25) is 0 Å². The molecule has 43 heavy (non-hydrogen) atoms. The third-order valence-electron chi connectivity index (χ3n) is 9.33. The van der Waals surface area contributed by atoms with Crippen LogP contribution < -0.4 is 0 Å². The molecule has 0 amide bonds. The van der Waals surface area contributed by atoms with Gasteiger partial charge in [-0.2, -0.15) is 13.2 Å². The van der Waals surface area contributed by atoms with Gasteiger partial charge in [0.2, 0.25) is 0 Å². The van der Waals surface area contributed by atoms with Gasteiger partial charge in [-0.15, -0.1) is 0 Å². The van der Waals surface area contributed by atoms with Gasteiger partial charge in [0, 0.05) is 28.1 Å². The molecular weight excluding hydrogens is 543 g/mol. The lowest BCUT2D eigenvalue weighted by Gasteiger charge is -2.46. The number of hydrogen-bond acceptors (Lipinski definition) is 2. The molecule has 0 saturated carbocycles. The highest BCUT2D eigenvalue weighted by Crippen LogP contribution is 2.47. The number of benzene rings is 3. The normalized spacial score (nSPS) is 13.3. The second-order valence-electron chi connectivity index (χ2n) is 13.9. The predicted molar refractivity (Wildman–Crippen MR) is 172 cm³/mol. The first-order valence-corrected chi connectivity index (χ1v) is 15.2. The SMILES string of the molecule is CC(C)C(c1ccc2cc(-c3cc(-c4cc(C(C)(C)C)c5ccccc5c4)ncc3C(F)(F)F)oc2c1)(C(C)C)C(C)C. The molecule has 5 heteroatoms. The molecule has 3 aromatic carbocycles. The van der Waals surface area contributed by atoms with Crippen LogP contribution in [0.25, 0.3) is 44.3 Å². The Kier molecular flexibility index (Phi) is 7.77. The van der Waals surface area contributed by atoms with Crippen molar-refractivity contribution in [3.8, 4) is 22.6 Å². The van der Waals surface area contributed by atoms with Gasteiger partial charge in [-0.1, -0.05) is 98.7 Å². The van der Waals surface area contributed by atoms with Crippen LogP contribution in [0, 0.1) is 17.8 Å². The van der Waals surface area contributed by atoms with E-state index in [0.717, 1.165) is 39.0 Å². The Balaban J connectivity index is 1.71. The van der Waals surface area contributed by atoms with E-state index in [1.165, 1.54) is 6.07 Å². The van der Waals surface area contributed by atoms with Crippen molar-refractivity contribution in [2.24, 2.45) is 17.8 Å². The van der Waals surface area contributed by atoms with Gasteiger partial charge in [-0.3, -0.25) is 4.98 Å². The van der Waals surface area contributed by atoms with E-state index in [4.69, 9.17) is 4.42 Å². The Bertz CT molecular complexity index is 1760. The zero-order chi connectivity index (χ0) is 31.5. The van der Waals surface area contributed by atoms with Crippen LogP contribution in [-0.2, 0) is 17.0 Å². The van der Waals surface area contributed by atoms with Gasteiger partial charge < -0.3 is 4.42 Å². The molecular formula is C38H42F3NO. The third kappa shape index (κ3) is 5.36. The molecule has 0 aliphatic carbocycles. The van der Waals surface area contributed by atoms with E-state index < -0.39 is 11.7 Å². The summed E-state index contributed by atoms with van der Waals surface area (Å²) in [6, 6.07) is 21.5. The van der Waals surface area contributed by atoms with Crippen LogP contribution in [0.15, 0.2) is 77.3 Å². The number of pyridine rings is 1. The van der Waals surface area contributed by atoms with Crippen molar-refractivity contribution in [2.75, 3.05) is 0 Å². The van der Waals surface area contributed by atoms with Crippen molar-refractivity contribution in [1.82, 2.24) is 4.98 Å². The molecule has 5 aromatic rings. The summed E-state index contributed by atoms with van der Waals surface area (Å²) in [5.74, 6) is 1.26. The second kappa shape index (κ2) is 10.8. The summed E-state index contributed by atoms with van der Waals surface area (Å²) in [4.78, 5) is 4.33. The molecule has 0 aliphatic rings. The average Bonchev–Trinajstić information content (AvgIpc) is 3.34. The topological polar surface area (TPSA) is 26.0 Å². The minimum Gasteiger partial charge on any atom is -0.456 e. The lowest BCUT2D eigenvalue weighted by Crippen LogP contribution is -2.42. The van der Waals surface area contributed by atoms with Crippen LogP contribution in [0.4, 0.5) is 13.2 Å². The fraction of sp³-hybridized carbons (Fsp3) is 0.395. The Hall–Kier alpha value is -3.60. The van der Waals surface area contributed by atoms with Crippen molar-refractivity contribution in [3.05, 3.63) is 89.6 Å². The zero-order valence-corrected chi connectivity index (χ0v) is 26.6. The highest BCUT2D eigenvalue weighted by Gasteiger charge is 2.42. The fourth-order valence-electron chi connectivity index (χ4n) is 7.56. The van der Waals surface area contributed by atoms with E-state index >= 15 is 0 Å². The highest BCUT2D eigenvalue weighted by molar-refractivity contribution is 5.91. The molecule has 0 atom stereocenters. The highest BCUT2D eigenvalue weighted by atomic mass is 19.4. The Morgan fingerprint density at radius 3 is 1.95 bits per heavy atom. The summed E-state index contributed by atoms with van der Waals surface area (Å²) >= 11 is 0. The van der Waals surface area contributed by atoms with Crippen LogP contribution in [0.3, 0.4) is 0 Å². The first-order chi connectivity index (χ1) is 20.0. The number of nitrogens with zero attached hydrogens (tertiary/aromatic N) is 1. The molecule has 0 N–H and O–H groups in total. The number of furan rings is 1. The predicted octanol–water partition coefficient (Wildman–Crippen LogP) is 11.8. The quantitative estimate of drug-likeness (QED) is 0.198. The number of rotatable bonds is 6. The summed E-state index contributed by atoms with van der Waals surface area (Å²) in [5.41, 5.74) is 3.00. The van der Waals surface area contributed by atoms with E-state index in [0.29, 0.717) is 29.0 Å². The van der Waals surface area contributed by atoms with Gasteiger partial charge in [0.1, 0.15) is 11.3 Å². The maximum atomic E-state index is 14.4.